The number of hydrogen-bond acceptors (Lipinski definition) is 3. The van der Waals surface area contributed by atoms with Gasteiger partial charge in [-0.3, -0.25) is 9.69 Å². The monoisotopic (exact) mass is 561 g/mol. The van der Waals surface area contributed by atoms with Gasteiger partial charge in [0, 0.05) is 31.5 Å². The predicted octanol–water partition coefficient (Wildman–Crippen LogP) is 6.56. The Morgan fingerprint density at radius 1 is 1.09 bits per heavy atom. The second-order valence-electron chi connectivity index (χ2n) is 8.05. The van der Waals surface area contributed by atoms with Crippen molar-refractivity contribution in [2.24, 2.45) is 5.92 Å². The maximum Gasteiger partial charge on any atom is 0.236 e. The summed E-state index contributed by atoms with van der Waals surface area (Å²) in [6, 6.07) is 19.7. The molecule has 3 atom stereocenters. The summed E-state index contributed by atoms with van der Waals surface area (Å²) in [5.74, 6) is -0.156. The molecule has 2 bridgehead atoms. The van der Waals surface area contributed by atoms with E-state index in [0.29, 0.717) is 26.6 Å². The average molecular weight is 563 g/mol. The Morgan fingerprint density at radius 3 is 2.39 bits per heavy atom. The van der Waals surface area contributed by atoms with E-state index < -0.39 is 11.6 Å². The van der Waals surface area contributed by atoms with E-state index in [1.807, 2.05) is 42.2 Å². The normalized spacial score (nSPS) is 23.3. The van der Waals surface area contributed by atoms with E-state index in [4.69, 9.17) is 40.2 Å². The lowest BCUT2D eigenvalue weighted by Gasteiger charge is -2.56. The number of ether oxygens (including phenoxy) is 1. The molecule has 5 nitrogen and oxygen atoms in total. The summed E-state index contributed by atoms with van der Waals surface area (Å²) in [4.78, 5) is 15.6. The van der Waals surface area contributed by atoms with Crippen molar-refractivity contribution in [1.29, 1.82) is 0 Å². The SMILES string of the molecule is CC12Oc3ccc(Br)cc3C(NC(=S)N1c1ccc(Cl)cc1)C2C(=O)Nc1ccc(Cl)cc1. The number of thiocarbonyl (C=S) groups is 1. The number of benzene rings is 3. The molecule has 0 spiro atoms. The van der Waals surface area contributed by atoms with E-state index in [2.05, 4.69) is 26.6 Å². The topological polar surface area (TPSA) is 53.6 Å². The van der Waals surface area contributed by atoms with Crippen LogP contribution in [0.1, 0.15) is 18.5 Å². The highest BCUT2D eigenvalue weighted by atomic mass is 79.9. The van der Waals surface area contributed by atoms with Crippen LogP contribution in [0.2, 0.25) is 10.0 Å². The Kier molecular flexibility index (Phi) is 5.77. The minimum atomic E-state index is -1.10. The quantitative estimate of drug-likeness (QED) is 0.354. The van der Waals surface area contributed by atoms with Crippen LogP contribution >= 0.6 is 51.3 Å². The first-order valence-electron chi connectivity index (χ1n) is 10.2. The van der Waals surface area contributed by atoms with Gasteiger partial charge >= 0.3 is 0 Å². The van der Waals surface area contributed by atoms with Gasteiger partial charge in [-0.1, -0.05) is 39.1 Å². The lowest BCUT2D eigenvalue weighted by atomic mass is 9.78. The standard InChI is InChI=1S/C24H18BrCl2N3O2S/c1-24-20(22(31)28-16-7-3-14(26)4-8-16)21(18-12-13(25)2-11-19(18)32-24)29-23(33)30(24)17-9-5-15(27)6-10-17/h2-12,20-21H,1H3,(H,28,31)(H,29,33). The molecule has 168 valence electrons. The second kappa shape index (κ2) is 8.47. The molecule has 0 aromatic heterocycles. The van der Waals surface area contributed by atoms with Gasteiger partial charge in [-0.15, -0.1) is 0 Å². The molecular weight excluding hydrogens is 545 g/mol. The van der Waals surface area contributed by atoms with Crippen LogP contribution in [0.3, 0.4) is 0 Å². The molecule has 5 rings (SSSR count). The summed E-state index contributed by atoms with van der Waals surface area (Å²) in [6.45, 7) is 1.89. The minimum Gasteiger partial charge on any atom is -0.467 e. The summed E-state index contributed by atoms with van der Waals surface area (Å²) in [5, 5.41) is 8.07. The number of carbonyl (C=O) groups excluding carboxylic acids is 1. The average Bonchev–Trinajstić information content (AvgIpc) is 2.77. The first kappa shape index (κ1) is 22.5. The third-order valence-electron chi connectivity index (χ3n) is 5.94. The summed E-state index contributed by atoms with van der Waals surface area (Å²) in [6.07, 6.45) is 0. The van der Waals surface area contributed by atoms with Crippen molar-refractivity contribution in [1.82, 2.24) is 5.32 Å². The van der Waals surface area contributed by atoms with Crippen LogP contribution < -0.4 is 20.3 Å². The highest BCUT2D eigenvalue weighted by Crippen LogP contribution is 2.50. The number of nitrogens with one attached hydrogen (secondary N) is 2. The van der Waals surface area contributed by atoms with Crippen molar-refractivity contribution in [3.8, 4) is 5.75 Å². The molecule has 9 heteroatoms. The van der Waals surface area contributed by atoms with Gasteiger partial charge in [-0.05, 0) is 85.9 Å². The molecule has 3 unspecified atom stereocenters. The van der Waals surface area contributed by atoms with Gasteiger partial charge in [-0.2, -0.15) is 0 Å². The van der Waals surface area contributed by atoms with Crippen LogP contribution in [0.5, 0.6) is 5.75 Å². The summed E-state index contributed by atoms with van der Waals surface area (Å²) in [7, 11) is 0. The number of fused-ring (bicyclic) bond motifs is 4. The summed E-state index contributed by atoms with van der Waals surface area (Å²) in [5.41, 5.74) is 1.17. The van der Waals surface area contributed by atoms with E-state index in [9.17, 15) is 4.79 Å². The molecule has 2 aliphatic heterocycles. The van der Waals surface area contributed by atoms with Crippen LogP contribution in [-0.2, 0) is 4.79 Å². The lowest BCUT2D eigenvalue weighted by Crippen LogP contribution is -2.72. The minimum absolute atomic E-state index is 0.204. The maximum absolute atomic E-state index is 13.7. The molecule has 0 aliphatic carbocycles. The van der Waals surface area contributed by atoms with Crippen LogP contribution in [0, 0.1) is 5.92 Å². The largest absolute Gasteiger partial charge is 0.467 e. The van der Waals surface area contributed by atoms with E-state index in [-0.39, 0.29) is 11.9 Å². The molecule has 2 heterocycles. The molecule has 33 heavy (non-hydrogen) atoms. The molecule has 2 aliphatic rings. The van der Waals surface area contributed by atoms with Crippen molar-refractivity contribution in [3.63, 3.8) is 0 Å². The first-order chi connectivity index (χ1) is 15.8. The fourth-order valence-corrected chi connectivity index (χ4v) is 5.53. The Morgan fingerprint density at radius 2 is 1.73 bits per heavy atom. The van der Waals surface area contributed by atoms with Crippen LogP contribution in [-0.4, -0.2) is 16.7 Å². The Bertz CT molecular complexity index is 1260. The van der Waals surface area contributed by atoms with E-state index in [1.54, 1.807) is 36.4 Å². The molecule has 2 N–H and O–H groups in total. The van der Waals surface area contributed by atoms with E-state index >= 15 is 0 Å². The Hall–Kier alpha value is -2.32. The fraction of sp³-hybridized carbons (Fsp3) is 0.167. The Balaban J connectivity index is 1.62. The third-order valence-corrected chi connectivity index (χ3v) is 7.24. The highest BCUT2D eigenvalue weighted by Gasteiger charge is 2.59. The molecule has 1 fully saturated rings. The Labute approximate surface area is 215 Å². The zero-order valence-corrected chi connectivity index (χ0v) is 21.2. The van der Waals surface area contributed by atoms with Gasteiger partial charge in [0.25, 0.3) is 0 Å². The molecule has 3 aromatic carbocycles. The highest BCUT2D eigenvalue weighted by molar-refractivity contribution is 9.10. The first-order valence-corrected chi connectivity index (χ1v) is 12.1. The molecule has 0 radical (unpaired) electrons. The van der Waals surface area contributed by atoms with Crippen molar-refractivity contribution in [2.45, 2.75) is 18.7 Å². The number of halogens is 3. The number of anilines is 2. The number of rotatable bonds is 3. The maximum atomic E-state index is 13.7. The van der Waals surface area contributed by atoms with Gasteiger partial charge in [0.1, 0.15) is 11.7 Å². The zero-order chi connectivity index (χ0) is 23.3. The van der Waals surface area contributed by atoms with Gasteiger partial charge in [0.05, 0.1) is 6.04 Å². The molecular formula is C24H18BrCl2N3O2S. The van der Waals surface area contributed by atoms with Gasteiger partial charge in [-0.25, -0.2) is 0 Å². The zero-order valence-electron chi connectivity index (χ0n) is 17.3. The van der Waals surface area contributed by atoms with E-state index in [1.165, 1.54) is 0 Å². The van der Waals surface area contributed by atoms with Crippen molar-refractivity contribution in [2.75, 3.05) is 10.2 Å². The van der Waals surface area contributed by atoms with Gasteiger partial charge < -0.3 is 15.4 Å². The van der Waals surface area contributed by atoms with Gasteiger partial charge in [0.2, 0.25) is 5.91 Å². The van der Waals surface area contributed by atoms with Crippen LogP contribution in [0.25, 0.3) is 0 Å². The molecule has 3 aromatic rings. The fourth-order valence-electron chi connectivity index (χ4n) is 4.49. The molecule has 1 saturated heterocycles. The van der Waals surface area contributed by atoms with Gasteiger partial charge in [0.15, 0.2) is 10.8 Å². The van der Waals surface area contributed by atoms with Crippen LogP contribution in [0.15, 0.2) is 71.2 Å². The van der Waals surface area contributed by atoms with Crippen molar-refractivity contribution < 1.29 is 9.53 Å². The number of hydrogen-bond donors (Lipinski definition) is 2. The predicted molar refractivity (Wildman–Crippen MR) is 139 cm³/mol. The van der Waals surface area contributed by atoms with Crippen molar-refractivity contribution in [3.05, 3.63) is 86.8 Å². The lowest BCUT2D eigenvalue weighted by molar-refractivity contribution is -0.130. The van der Waals surface area contributed by atoms with Crippen molar-refractivity contribution >= 4 is 73.7 Å². The van der Waals surface area contributed by atoms with E-state index in [0.717, 1.165) is 15.7 Å². The number of amides is 1. The molecule has 0 saturated carbocycles. The summed E-state index contributed by atoms with van der Waals surface area (Å²) >= 11 is 21.4. The summed E-state index contributed by atoms with van der Waals surface area (Å²) < 4.78 is 7.45. The van der Waals surface area contributed by atoms with Crippen LogP contribution in [0.4, 0.5) is 11.4 Å². The smallest absolute Gasteiger partial charge is 0.236 e. The second-order valence-corrected chi connectivity index (χ2v) is 10.2. The molecule has 1 amide bonds. The number of nitrogens with zero attached hydrogens (tertiary/aromatic N) is 1. The number of carbonyl (C=O) groups is 1. The third kappa shape index (κ3) is 3.97.